The summed E-state index contributed by atoms with van der Waals surface area (Å²) in [6.07, 6.45) is -2.68. The SMILES string of the molecule is N=C(N)c1ccc(C2OB(O)C3=C(C(F)(F)F)C=CCC32)cc1OCc1cccc(Cl)c1. The van der Waals surface area contributed by atoms with Crippen molar-refractivity contribution < 1.29 is 27.6 Å². The molecule has 32 heavy (non-hydrogen) atoms. The van der Waals surface area contributed by atoms with Gasteiger partial charge in [-0.15, -0.1) is 0 Å². The van der Waals surface area contributed by atoms with Crippen molar-refractivity contribution in [2.45, 2.75) is 25.3 Å². The third-order valence-corrected chi connectivity index (χ3v) is 5.74. The quantitative estimate of drug-likeness (QED) is 0.340. The second-order valence-electron chi connectivity index (χ2n) is 7.61. The standard InChI is InChI=1S/C22H19BClF3N2O3/c24-14-4-1-3-12(9-14)11-31-18-10-13(7-8-15(18)21(28)29)20-16-5-2-6-17(22(25,26)27)19(16)23(30)32-20/h1-4,6-10,16,20,30H,5,11H2,(H3,28,29). The summed E-state index contributed by atoms with van der Waals surface area (Å²) in [6, 6.07) is 11.8. The number of hydrogen-bond acceptors (Lipinski definition) is 4. The molecule has 166 valence electrons. The first-order valence-corrected chi connectivity index (χ1v) is 10.2. The Kier molecular flexibility index (Phi) is 6.07. The van der Waals surface area contributed by atoms with E-state index >= 15 is 0 Å². The molecule has 1 aliphatic carbocycles. The van der Waals surface area contributed by atoms with Crippen molar-refractivity contribution >= 4 is 24.6 Å². The lowest BCUT2D eigenvalue weighted by molar-refractivity contribution is -0.0893. The summed E-state index contributed by atoms with van der Waals surface area (Å²) in [5, 5.41) is 18.6. The van der Waals surface area contributed by atoms with E-state index in [0.717, 1.165) is 11.6 Å². The Balaban J connectivity index is 1.66. The molecule has 0 aromatic heterocycles. The van der Waals surface area contributed by atoms with Crippen molar-refractivity contribution in [2.24, 2.45) is 11.7 Å². The number of alkyl halides is 3. The van der Waals surface area contributed by atoms with Gasteiger partial charge in [0.05, 0.1) is 17.2 Å². The maximum absolute atomic E-state index is 13.4. The van der Waals surface area contributed by atoms with Gasteiger partial charge in [0.25, 0.3) is 0 Å². The highest BCUT2D eigenvalue weighted by atomic mass is 35.5. The Morgan fingerprint density at radius 3 is 2.75 bits per heavy atom. The highest BCUT2D eigenvalue weighted by Crippen LogP contribution is 2.48. The van der Waals surface area contributed by atoms with Crippen LogP contribution in [0.4, 0.5) is 13.2 Å². The molecule has 2 unspecified atom stereocenters. The van der Waals surface area contributed by atoms with Crippen LogP contribution in [0.5, 0.6) is 5.75 Å². The second-order valence-corrected chi connectivity index (χ2v) is 8.04. The van der Waals surface area contributed by atoms with Gasteiger partial charge in [-0.25, -0.2) is 0 Å². The zero-order valence-electron chi connectivity index (χ0n) is 16.7. The Hall–Kier alpha value is -2.75. The summed E-state index contributed by atoms with van der Waals surface area (Å²) >= 11 is 6.00. The summed E-state index contributed by atoms with van der Waals surface area (Å²) in [5.41, 5.74) is 6.29. The molecular weight excluding hydrogens is 444 g/mol. The van der Waals surface area contributed by atoms with Crippen LogP contribution in [0.2, 0.25) is 5.02 Å². The van der Waals surface area contributed by atoms with Gasteiger partial charge in [-0.3, -0.25) is 5.41 Å². The summed E-state index contributed by atoms with van der Waals surface area (Å²) in [4.78, 5) is 0. The first-order chi connectivity index (χ1) is 15.1. The molecule has 2 aromatic carbocycles. The minimum absolute atomic E-state index is 0.147. The van der Waals surface area contributed by atoms with E-state index in [4.69, 9.17) is 32.1 Å². The van der Waals surface area contributed by atoms with E-state index in [0.29, 0.717) is 22.6 Å². The molecule has 1 heterocycles. The van der Waals surface area contributed by atoms with E-state index in [1.54, 1.807) is 36.4 Å². The Labute approximate surface area is 187 Å². The summed E-state index contributed by atoms with van der Waals surface area (Å²) < 4.78 is 51.7. The molecule has 0 saturated carbocycles. The van der Waals surface area contributed by atoms with Crippen LogP contribution in [-0.2, 0) is 11.3 Å². The van der Waals surface area contributed by atoms with E-state index in [1.807, 2.05) is 6.07 Å². The van der Waals surface area contributed by atoms with Crippen LogP contribution in [0.3, 0.4) is 0 Å². The van der Waals surface area contributed by atoms with Gasteiger partial charge in [0.1, 0.15) is 18.2 Å². The lowest BCUT2D eigenvalue weighted by atomic mass is 9.67. The lowest BCUT2D eigenvalue weighted by Gasteiger charge is -2.24. The Morgan fingerprint density at radius 1 is 1.28 bits per heavy atom. The number of halogens is 4. The van der Waals surface area contributed by atoms with Gasteiger partial charge in [0.15, 0.2) is 0 Å². The van der Waals surface area contributed by atoms with Gasteiger partial charge in [0, 0.05) is 10.9 Å². The third kappa shape index (κ3) is 4.41. The summed E-state index contributed by atoms with van der Waals surface area (Å²) in [7, 11) is -1.66. The van der Waals surface area contributed by atoms with Crippen LogP contribution < -0.4 is 10.5 Å². The van der Waals surface area contributed by atoms with Crippen molar-refractivity contribution in [2.75, 3.05) is 0 Å². The first kappa shape index (κ1) is 22.4. The maximum Gasteiger partial charge on any atom is 0.488 e. The van der Waals surface area contributed by atoms with Crippen LogP contribution in [0.25, 0.3) is 0 Å². The molecule has 2 aliphatic rings. The fraction of sp³-hybridized carbons (Fsp3) is 0.227. The molecule has 0 bridgehead atoms. The largest absolute Gasteiger partial charge is 0.488 e. The number of fused-ring (bicyclic) bond motifs is 1. The van der Waals surface area contributed by atoms with Crippen molar-refractivity contribution in [3.05, 3.63) is 87.4 Å². The average Bonchev–Trinajstić information content (AvgIpc) is 3.08. The van der Waals surface area contributed by atoms with Gasteiger partial charge in [-0.2, -0.15) is 13.2 Å². The zero-order valence-corrected chi connectivity index (χ0v) is 17.5. The number of amidine groups is 1. The van der Waals surface area contributed by atoms with Gasteiger partial charge in [-0.1, -0.05) is 42.0 Å². The molecule has 0 radical (unpaired) electrons. The number of rotatable bonds is 5. The minimum atomic E-state index is -4.59. The van der Waals surface area contributed by atoms with Crippen LogP contribution in [0.15, 0.2) is 65.7 Å². The third-order valence-electron chi connectivity index (χ3n) is 5.51. The smallest absolute Gasteiger partial charge is 0.488 e. The topological polar surface area (TPSA) is 88.6 Å². The lowest BCUT2D eigenvalue weighted by Crippen LogP contribution is -2.24. The second kappa shape index (κ2) is 8.65. The molecule has 0 spiro atoms. The molecule has 4 rings (SSSR count). The molecule has 2 atom stereocenters. The predicted octanol–water partition coefficient (Wildman–Crippen LogP) is 4.73. The number of nitrogens with two attached hydrogens (primary N) is 1. The molecule has 10 heteroatoms. The Morgan fingerprint density at radius 2 is 2.06 bits per heavy atom. The number of ether oxygens (including phenoxy) is 1. The molecule has 4 N–H and O–H groups in total. The number of nitrogen functional groups attached to an aromatic ring is 1. The number of benzene rings is 2. The van der Waals surface area contributed by atoms with Crippen molar-refractivity contribution in [1.29, 1.82) is 5.41 Å². The van der Waals surface area contributed by atoms with Crippen LogP contribution in [-0.4, -0.2) is 24.2 Å². The van der Waals surface area contributed by atoms with Crippen LogP contribution >= 0.6 is 11.6 Å². The van der Waals surface area contributed by atoms with Gasteiger partial charge in [-0.05, 0) is 47.3 Å². The van der Waals surface area contributed by atoms with Gasteiger partial charge in [0.2, 0.25) is 0 Å². The fourth-order valence-electron chi connectivity index (χ4n) is 4.08. The molecule has 1 fully saturated rings. The van der Waals surface area contributed by atoms with E-state index < -0.39 is 30.9 Å². The van der Waals surface area contributed by atoms with Crippen molar-refractivity contribution in [3.63, 3.8) is 0 Å². The molecule has 2 aromatic rings. The molecular formula is C22H19BClF3N2O3. The normalized spacial score (nSPS) is 20.5. The molecule has 5 nitrogen and oxygen atoms in total. The zero-order chi connectivity index (χ0) is 23.0. The van der Waals surface area contributed by atoms with Crippen molar-refractivity contribution in [1.82, 2.24) is 0 Å². The number of nitrogens with one attached hydrogen (secondary N) is 1. The first-order valence-electron chi connectivity index (χ1n) is 9.82. The van der Waals surface area contributed by atoms with E-state index in [2.05, 4.69) is 0 Å². The number of allylic oxidation sites excluding steroid dienone is 3. The highest BCUT2D eigenvalue weighted by molar-refractivity contribution is 6.53. The summed E-state index contributed by atoms with van der Waals surface area (Å²) in [5.74, 6) is -0.603. The molecule has 0 amide bonds. The molecule has 1 saturated heterocycles. The maximum atomic E-state index is 13.4. The highest BCUT2D eigenvalue weighted by Gasteiger charge is 2.50. The van der Waals surface area contributed by atoms with Gasteiger partial charge < -0.3 is 20.1 Å². The van der Waals surface area contributed by atoms with E-state index in [-0.39, 0.29) is 23.7 Å². The van der Waals surface area contributed by atoms with Crippen molar-refractivity contribution in [3.8, 4) is 5.75 Å². The van der Waals surface area contributed by atoms with E-state index in [9.17, 15) is 18.2 Å². The molecule has 1 aliphatic heterocycles. The fourth-order valence-corrected chi connectivity index (χ4v) is 4.29. The van der Waals surface area contributed by atoms with E-state index in [1.165, 1.54) is 6.08 Å². The van der Waals surface area contributed by atoms with Crippen LogP contribution in [0, 0.1) is 11.3 Å². The predicted molar refractivity (Wildman–Crippen MR) is 115 cm³/mol. The Bertz CT molecular complexity index is 1120. The van der Waals surface area contributed by atoms with Gasteiger partial charge >= 0.3 is 13.3 Å². The number of hydrogen-bond donors (Lipinski definition) is 3. The monoisotopic (exact) mass is 462 g/mol. The average molecular weight is 463 g/mol. The summed E-state index contributed by atoms with van der Waals surface area (Å²) in [6.45, 7) is 0.147. The van der Waals surface area contributed by atoms with Crippen LogP contribution in [0.1, 0.15) is 29.2 Å². The minimum Gasteiger partial charge on any atom is -0.488 e.